The molecule has 0 aliphatic rings. The fraction of sp³-hybridized carbons (Fsp3) is 0. The summed E-state index contributed by atoms with van der Waals surface area (Å²) < 4.78 is -1.06. The quantitative estimate of drug-likeness (QED) is 0.253. The molecule has 0 rings (SSSR count). The summed E-state index contributed by atoms with van der Waals surface area (Å²) in [5.74, 6) is 0. The summed E-state index contributed by atoms with van der Waals surface area (Å²) >= 11 is 10.1. The summed E-state index contributed by atoms with van der Waals surface area (Å²) in [4.78, 5) is 0. The molecule has 0 unspecified atom stereocenters. The fourth-order valence-corrected chi connectivity index (χ4v) is 0. The van der Waals surface area contributed by atoms with Crippen LogP contribution in [0.2, 0.25) is 0 Å². The second kappa shape index (κ2) is 6.92. The Kier molecular flexibility index (Phi) is 15.9. The first-order valence-electron chi connectivity index (χ1n) is 0.478. The third kappa shape index (κ3) is 22.8. The van der Waals surface area contributed by atoms with Crippen molar-refractivity contribution in [1.82, 2.24) is 0 Å². The summed E-state index contributed by atoms with van der Waals surface area (Å²) in [6.07, 6.45) is 0. The van der Waals surface area contributed by atoms with Crippen molar-refractivity contribution in [1.29, 1.82) is 0 Å². The summed E-state index contributed by atoms with van der Waals surface area (Å²) in [5, 5.41) is 0. The van der Waals surface area contributed by atoms with Crippen molar-refractivity contribution in [3.63, 3.8) is 0 Å². The molecule has 0 aliphatic carbocycles. The summed E-state index contributed by atoms with van der Waals surface area (Å²) in [6.45, 7) is 0. The maximum Gasteiger partial charge on any atom is 1.00 e. The largest absolute Gasteiger partial charge is 1.00 e. The Hall–Kier alpha value is 5.24. The van der Waals surface area contributed by atoms with Crippen LogP contribution in [0.5, 0.6) is 0 Å². The first-order valence-corrected chi connectivity index (χ1v) is 26.3. The number of hydrogen-bond donors (Lipinski definition) is 0. The Morgan fingerprint density at radius 1 is 1.00 bits per heavy atom. The van der Waals surface area contributed by atoms with Gasteiger partial charge >= 0.3 is 130 Å². The van der Waals surface area contributed by atoms with E-state index in [1.807, 2.05) is 0 Å². The second-order valence-corrected chi connectivity index (χ2v) is 99.8. The van der Waals surface area contributed by atoms with Crippen molar-refractivity contribution in [2.24, 2.45) is 0 Å². The molecular weight excluding hydrogens is 742 g/mol. The zero-order valence-corrected chi connectivity index (χ0v) is 16.9. The van der Waals surface area contributed by atoms with Gasteiger partial charge in [0, 0.05) is 0 Å². The molecule has 40 valence electrons. The monoisotopic (exact) mass is 743 g/mol. The molecular formula is HI4KPt. The molecule has 0 fully saturated rings. The standard InChI is InChI=1S/4HI.K.Pt.H/h4*1H;;;/q;;;;+1;+4;-1/p-4. The van der Waals surface area contributed by atoms with E-state index in [0.717, 1.165) is 0 Å². The van der Waals surface area contributed by atoms with Crippen LogP contribution in [0.15, 0.2) is 0 Å². The molecule has 0 aliphatic heterocycles. The van der Waals surface area contributed by atoms with Gasteiger partial charge in [-0.15, -0.1) is 0 Å². The molecule has 6 heteroatoms. The molecule has 0 amide bonds. The van der Waals surface area contributed by atoms with Crippen LogP contribution in [-0.2, 0) is 1.33 Å². The maximum absolute atomic E-state index is 2.52. The van der Waals surface area contributed by atoms with Gasteiger partial charge in [0.25, 0.3) is 0 Å². The van der Waals surface area contributed by atoms with E-state index in [4.69, 9.17) is 0 Å². The van der Waals surface area contributed by atoms with Crippen LogP contribution < -0.4 is 51.4 Å². The molecule has 0 aromatic heterocycles. The second-order valence-electron chi connectivity index (χ2n) is 0.271. The van der Waals surface area contributed by atoms with Crippen LogP contribution in [0, 0.1) is 0 Å². The Labute approximate surface area is 127 Å². The minimum absolute atomic E-state index is 0. The van der Waals surface area contributed by atoms with Gasteiger partial charge in [-0.1, -0.05) is 0 Å². The smallest absolute Gasteiger partial charge is 1.00 e. The number of rotatable bonds is 0. The normalized spacial score (nSPS) is 12.7. The summed E-state index contributed by atoms with van der Waals surface area (Å²) in [7, 11) is 0. The molecule has 0 aromatic rings. The Morgan fingerprint density at radius 3 is 1.00 bits per heavy atom. The van der Waals surface area contributed by atoms with E-state index in [1.54, 1.807) is 0 Å². The molecule has 0 saturated heterocycles. The van der Waals surface area contributed by atoms with Gasteiger partial charge in [0.1, 0.15) is 0 Å². The first-order chi connectivity index (χ1) is 2.00. The molecule has 0 heterocycles. The SMILES string of the molecule is [H-].[I][Pt]([I])([I])[I].[K+]. The van der Waals surface area contributed by atoms with Crippen molar-refractivity contribution in [2.45, 2.75) is 0 Å². The molecule has 0 aromatic carbocycles. The minimum Gasteiger partial charge on any atom is 1.00 e. The Morgan fingerprint density at radius 2 is 1.00 bits per heavy atom. The van der Waals surface area contributed by atoms with Gasteiger partial charge in [0.05, 0.1) is 0 Å². The minimum atomic E-state index is -1.06. The average molecular weight is 743 g/mol. The maximum atomic E-state index is 2.52. The first kappa shape index (κ1) is 13.8. The van der Waals surface area contributed by atoms with Crippen molar-refractivity contribution in [2.75, 3.05) is 0 Å². The van der Waals surface area contributed by atoms with E-state index in [2.05, 4.69) is 77.4 Å². The molecule has 0 spiro atoms. The number of halogens is 4. The molecule has 6 heavy (non-hydrogen) atoms. The molecule has 0 radical (unpaired) electrons. The van der Waals surface area contributed by atoms with E-state index in [9.17, 15) is 0 Å². The average Bonchev–Trinajstić information content (AvgIpc) is 0.722. The molecule has 0 atom stereocenters. The molecule has 0 saturated carbocycles. The van der Waals surface area contributed by atoms with Crippen molar-refractivity contribution in [3.8, 4) is 0 Å². The van der Waals surface area contributed by atoms with Gasteiger partial charge in [-0.3, -0.25) is 0 Å². The van der Waals surface area contributed by atoms with Crippen LogP contribution >= 0.6 is 77.4 Å². The molecule has 0 bridgehead atoms. The molecule has 0 nitrogen and oxygen atoms in total. The van der Waals surface area contributed by atoms with Gasteiger partial charge in [0.15, 0.2) is 0 Å². The van der Waals surface area contributed by atoms with E-state index < -0.39 is 1.33 Å². The van der Waals surface area contributed by atoms with Crippen LogP contribution in [0.4, 0.5) is 0 Å². The van der Waals surface area contributed by atoms with Crippen LogP contribution in [0.1, 0.15) is 1.43 Å². The van der Waals surface area contributed by atoms with Gasteiger partial charge in [0.2, 0.25) is 0 Å². The van der Waals surface area contributed by atoms with Crippen molar-refractivity contribution in [3.05, 3.63) is 0 Å². The van der Waals surface area contributed by atoms with Crippen LogP contribution in [0.3, 0.4) is 0 Å². The zero-order chi connectivity index (χ0) is 4.50. The Balaban J connectivity index is -0.0000000800. The van der Waals surface area contributed by atoms with Gasteiger partial charge < -0.3 is 1.43 Å². The van der Waals surface area contributed by atoms with Gasteiger partial charge in [-0.25, -0.2) is 0 Å². The Bertz CT molecular complexity index is 27.2. The van der Waals surface area contributed by atoms with E-state index in [-0.39, 0.29) is 52.8 Å². The van der Waals surface area contributed by atoms with Crippen LogP contribution in [0.25, 0.3) is 0 Å². The topological polar surface area (TPSA) is 0 Å². The van der Waals surface area contributed by atoms with E-state index in [1.165, 1.54) is 0 Å². The summed E-state index contributed by atoms with van der Waals surface area (Å²) in [6, 6.07) is 0. The van der Waals surface area contributed by atoms with E-state index >= 15 is 0 Å². The number of hydrogen-bond acceptors (Lipinski definition) is 0. The van der Waals surface area contributed by atoms with Gasteiger partial charge in [-0.2, -0.15) is 0 Å². The fourth-order valence-electron chi connectivity index (χ4n) is 0. The van der Waals surface area contributed by atoms with Crippen molar-refractivity contribution < 1.29 is 54.1 Å². The summed E-state index contributed by atoms with van der Waals surface area (Å²) in [5.41, 5.74) is 0. The molecule has 0 N–H and O–H groups in total. The predicted octanol–water partition coefficient (Wildman–Crippen LogP) is 0.657. The zero-order valence-electron chi connectivity index (χ0n) is 3.83. The van der Waals surface area contributed by atoms with Gasteiger partial charge in [-0.05, 0) is 0 Å². The van der Waals surface area contributed by atoms with Crippen LogP contribution in [-0.4, -0.2) is 0 Å². The third-order valence-electron chi connectivity index (χ3n) is 0. The van der Waals surface area contributed by atoms with E-state index in [0.29, 0.717) is 0 Å². The third-order valence-corrected chi connectivity index (χ3v) is 0. The van der Waals surface area contributed by atoms with Crippen molar-refractivity contribution >= 4 is 77.4 Å². The predicted molar refractivity (Wildman–Crippen MR) is 57.2 cm³/mol.